The highest BCUT2D eigenvalue weighted by Gasteiger charge is 2.10. The fourth-order valence-electron chi connectivity index (χ4n) is 2.80. The minimum Gasteiger partial charge on any atom is -0.328 e. The lowest BCUT2D eigenvalue weighted by molar-refractivity contribution is 0.788. The molecule has 0 aliphatic carbocycles. The zero-order chi connectivity index (χ0) is 14.8. The number of nitrogens with one attached hydrogen (secondary N) is 1. The Hall–Kier alpha value is -2.13. The molecule has 2 aromatic heterocycles. The maximum Gasteiger partial charge on any atom is 0.140 e. The molecule has 0 radical (unpaired) electrons. The molecule has 3 nitrogen and oxygen atoms in total. The Morgan fingerprint density at radius 3 is 2.81 bits per heavy atom. The van der Waals surface area contributed by atoms with Crippen molar-refractivity contribution in [1.29, 1.82) is 0 Å². The van der Waals surface area contributed by atoms with Crippen LogP contribution in [0.15, 0.2) is 42.7 Å². The third kappa shape index (κ3) is 2.69. The first-order chi connectivity index (χ1) is 10.2. The highest BCUT2D eigenvalue weighted by molar-refractivity contribution is 5.80. The normalized spacial score (nSPS) is 11.2. The van der Waals surface area contributed by atoms with E-state index in [1.54, 1.807) is 0 Å². The van der Waals surface area contributed by atoms with Crippen LogP contribution < -0.4 is 5.32 Å². The topological polar surface area (TPSA) is 29.9 Å². The van der Waals surface area contributed by atoms with Gasteiger partial charge in [-0.3, -0.25) is 0 Å². The standard InChI is InChI=1S/C18H21N3/c1-13-6-7-14(2)15(9-13)11-21-12-16(10-19-3)17-5-4-8-20-18(17)21/h4-9,12,19H,10-11H2,1-3H3. The molecule has 21 heavy (non-hydrogen) atoms. The average Bonchev–Trinajstić information content (AvgIpc) is 2.82. The van der Waals surface area contributed by atoms with Crippen molar-refractivity contribution >= 4 is 11.0 Å². The predicted octanol–water partition coefficient (Wildman–Crippen LogP) is 3.42. The van der Waals surface area contributed by atoms with E-state index in [0.29, 0.717) is 0 Å². The molecule has 0 fully saturated rings. The molecule has 1 N–H and O–H groups in total. The van der Waals surface area contributed by atoms with Gasteiger partial charge in [0.05, 0.1) is 0 Å². The van der Waals surface area contributed by atoms with Crippen LogP contribution in [-0.2, 0) is 13.1 Å². The lowest BCUT2D eigenvalue weighted by Crippen LogP contribution is -2.04. The van der Waals surface area contributed by atoms with Crippen molar-refractivity contribution in [2.24, 2.45) is 0 Å². The van der Waals surface area contributed by atoms with E-state index in [0.717, 1.165) is 18.7 Å². The second kappa shape index (κ2) is 5.70. The summed E-state index contributed by atoms with van der Waals surface area (Å²) in [6.45, 7) is 6.04. The Morgan fingerprint density at radius 2 is 2.00 bits per heavy atom. The number of fused-ring (bicyclic) bond motifs is 1. The molecule has 2 heterocycles. The fraction of sp³-hybridized carbons (Fsp3) is 0.278. The van der Waals surface area contributed by atoms with Gasteiger partial charge in [-0.05, 0) is 49.7 Å². The Kier molecular flexibility index (Phi) is 3.76. The molecule has 0 bridgehead atoms. The Morgan fingerprint density at radius 1 is 1.14 bits per heavy atom. The molecule has 108 valence electrons. The first kappa shape index (κ1) is 13.8. The van der Waals surface area contributed by atoms with Crippen LogP contribution in [0.25, 0.3) is 11.0 Å². The van der Waals surface area contributed by atoms with Crippen LogP contribution in [0.2, 0.25) is 0 Å². The highest BCUT2D eigenvalue weighted by atomic mass is 15.0. The molecule has 0 unspecified atom stereocenters. The number of nitrogens with zero attached hydrogens (tertiary/aromatic N) is 2. The van der Waals surface area contributed by atoms with Crippen LogP contribution in [0.3, 0.4) is 0 Å². The Balaban J connectivity index is 2.06. The lowest BCUT2D eigenvalue weighted by Gasteiger charge is -2.09. The van der Waals surface area contributed by atoms with Crippen LogP contribution in [0.4, 0.5) is 0 Å². The summed E-state index contributed by atoms with van der Waals surface area (Å²) < 4.78 is 2.25. The molecule has 3 rings (SSSR count). The first-order valence-corrected chi connectivity index (χ1v) is 7.32. The van der Waals surface area contributed by atoms with Crippen molar-refractivity contribution < 1.29 is 0 Å². The zero-order valence-electron chi connectivity index (χ0n) is 12.9. The molecule has 0 aliphatic rings. The van der Waals surface area contributed by atoms with Crippen molar-refractivity contribution in [2.45, 2.75) is 26.9 Å². The average molecular weight is 279 g/mol. The van der Waals surface area contributed by atoms with Gasteiger partial charge in [0.2, 0.25) is 0 Å². The molecule has 0 saturated carbocycles. The van der Waals surface area contributed by atoms with Crippen molar-refractivity contribution in [3.8, 4) is 0 Å². The van der Waals surface area contributed by atoms with Gasteiger partial charge in [-0.1, -0.05) is 23.8 Å². The van der Waals surface area contributed by atoms with E-state index in [1.807, 2.05) is 19.3 Å². The van der Waals surface area contributed by atoms with E-state index < -0.39 is 0 Å². The number of benzene rings is 1. The van der Waals surface area contributed by atoms with E-state index in [1.165, 1.54) is 27.6 Å². The van der Waals surface area contributed by atoms with Gasteiger partial charge in [0, 0.05) is 30.9 Å². The quantitative estimate of drug-likeness (QED) is 0.793. The van der Waals surface area contributed by atoms with E-state index in [2.05, 4.69) is 59.2 Å². The van der Waals surface area contributed by atoms with Crippen LogP contribution in [0, 0.1) is 13.8 Å². The minimum absolute atomic E-state index is 0.863. The van der Waals surface area contributed by atoms with Gasteiger partial charge in [-0.2, -0.15) is 0 Å². The van der Waals surface area contributed by atoms with Gasteiger partial charge in [0.15, 0.2) is 0 Å². The smallest absolute Gasteiger partial charge is 0.140 e. The number of aromatic nitrogens is 2. The highest BCUT2D eigenvalue weighted by Crippen LogP contribution is 2.21. The van der Waals surface area contributed by atoms with E-state index in [4.69, 9.17) is 0 Å². The molecule has 0 amide bonds. The molecule has 3 aromatic rings. The number of rotatable bonds is 4. The summed E-state index contributed by atoms with van der Waals surface area (Å²) in [6.07, 6.45) is 4.08. The van der Waals surface area contributed by atoms with Crippen molar-refractivity contribution in [1.82, 2.24) is 14.9 Å². The molecule has 3 heteroatoms. The zero-order valence-corrected chi connectivity index (χ0v) is 12.9. The SMILES string of the molecule is CNCc1cn(Cc2cc(C)ccc2C)c2ncccc12. The summed E-state index contributed by atoms with van der Waals surface area (Å²) >= 11 is 0. The lowest BCUT2D eigenvalue weighted by atomic mass is 10.1. The molecule has 0 atom stereocenters. The molecule has 0 spiro atoms. The van der Waals surface area contributed by atoms with E-state index >= 15 is 0 Å². The van der Waals surface area contributed by atoms with Gasteiger partial charge >= 0.3 is 0 Å². The second-order valence-corrected chi connectivity index (χ2v) is 5.62. The third-order valence-corrected chi connectivity index (χ3v) is 3.93. The number of hydrogen-bond donors (Lipinski definition) is 1. The summed E-state index contributed by atoms with van der Waals surface area (Å²) in [4.78, 5) is 4.57. The third-order valence-electron chi connectivity index (χ3n) is 3.93. The van der Waals surface area contributed by atoms with Crippen LogP contribution in [0.5, 0.6) is 0 Å². The largest absolute Gasteiger partial charge is 0.328 e. The summed E-state index contributed by atoms with van der Waals surface area (Å²) in [5.74, 6) is 0. The van der Waals surface area contributed by atoms with E-state index in [-0.39, 0.29) is 0 Å². The number of aryl methyl sites for hydroxylation is 2. The second-order valence-electron chi connectivity index (χ2n) is 5.62. The van der Waals surface area contributed by atoms with Crippen molar-refractivity contribution in [3.63, 3.8) is 0 Å². The molecule has 1 aromatic carbocycles. The van der Waals surface area contributed by atoms with Crippen LogP contribution in [-0.4, -0.2) is 16.6 Å². The van der Waals surface area contributed by atoms with Gasteiger partial charge in [-0.25, -0.2) is 4.98 Å². The number of hydrogen-bond acceptors (Lipinski definition) is 2. The van der Waals surface area contributed by atoms with Gasteiger partial charge in [0.25, 0.3) is 0 Å². The molecule has 0 saturated heterocycles. The first-order valence-electron chi connectivity index (χ1n) is 7.32. The van der Waals surface area contributed by atoms with Crippen LogP contribution in [0.1, 0.15) is 22.3 Å². The van der Waals surface area contributed by atoms with Gasteiger partial charge in [0.1, 0.15) is 5.65 Å². The number of pyridine rings is 1. The van der Waals surface area contributed by atoms with Crippen LogP contribution >= 0.6 is 0 Å². The van der Waals surface area contributed by atoms with Crippen molar-refractivity contribution in [3.05, 3.63) is 65.0 Å². The summed E-state index contributed by atoms with van der Waals surface area (Å²) in [6, 6.07) is 10.8. The summed E-state index contributed by atoms with van der Waals surface area (Å²) in [5, 5.41) is 4.47. The Bertz CT molecular complexity index is 771. The predicted molar refractivity (Wildman–Crippen MR) is 87.5 cm³/mol. The minimum atomic E-state index is 0.863. The van der Waals surface area contributed by atoms with Gasteiger partial charge < -0.3 is 9.88 Å². The Labute approximate surface area is 125 Å². The molecule has 0 aliphatic heterocycles. The van der Waals surface area contributed by atoms with Gasteiger partial charge in [-0.15, -0.1) is 0 Å². The van der Waals surface area contributed by atoms with E-state index in [9.17, 15) is 0 Å². The fourth-order valence-corrected chi connectivity index (χ4v) is 2.80. The summed E-state index contributed by atoms with van der Waals surface area (Å²) in [5.41, 5.74) is 6.34. The maximum absolute atomic E-state index is 4.57. The molecular weight excluding hydrogens is 258 g/mol. The monoisotopic (exact) mass is 279 g/mol. The van der Waals surface area contributed by atoms with Crippen molar-refractivity contribution in [2.75, 3.05) is 7.05 Å². The maximum atomic E-state index is 4.57. The summed E-state index contributed by atoms with van der Waals surface area (Å²) in [7, 11) is 1.98. The molecular formula is C18H21N3.